The molecule has 10 radical (unpaired) electrons. The zero-order valence-electron chi connectivity index (χ0n) is 11.6. The molecular weight excluding hydrogens is 344 g/mol. The summed E-state index contributed by atoms with van der Waals surface area (Å²) in [5.74, 6) is 2.60. The normalized spacial score (nSPS) is 25.8. The largest absolute Gasteiger partial charge is 0.0899 e. The van der Waals surface area contributed by atoms with Crippen LogP contribution in [0.15, 0.2) is 41.3 Å². The fourth-order valence-electron chi connectivity index (χ4n) is 2.46. The minimum Gasteiger partial charge on any atom is -0.0899 e. The van der Waals surface area contributed by atoms with Gasteiger partial charge < -0.3 is 0 Å². The van der Waals surface area contributed by atoms with Gasteiger partial charge in [-0.3, -0.25) is 0 Å². The van der Waals surface area contributed by atoms with E-state index in [1.165, 1.54) is 31.5 Å². The van der Waals surface area contributed by atoms with Gasteiger partial charge in [-0.2, -0.15) is 0 Å². The van der Waals surface area contributed by atoms with Crippen molar-refractivity contribution < 1.29 is 0 Å². The van der Waals surface area contributed by atoms with Crippen LogP contribution < -0.4 is 0 Å². The van der Waals surface area contributed by atoms with Gasteiger partial charge in [-0.05, 0) is 84.1 Å². The zero-order valence-corrected chi connectivity index (χ0v) is 14.8. The van der Waals surface area contributed by atoms with Crippen molar-refractivity contribution in [3.63, 3.8) is 0 Å². The third-order valence-electron chi connectivity index (χ3n) is 3.37. The molecule has 0 spiro atoms. The molecule has 2 saturated carbocycles. The molecule has 0 bridgehead atoms. The Hall–Kier alpha value is 0.360. The van der Waals surface area contributed by atoms with E-state index < -0.39 is 0 Å². The van der Waals surface area contributed by atoms with Crippen molar-refractivity contribution in [1.29, 1.82) is 0 Å². The fourth-order valence-corrected chi connectivity index (χ4v) is 6.30. The van der Waals surface area contributed by atoms with E-state index in [1.807, 2.05) is 47.0 Å². The molecule has 0 atom stereocenters. The van der Waals surface area contributed by atoms with Gasteiger partial charge in [-0.1, -0.05) is 47.0 Å². The van der Waals surface area contributed by atoms with Crippen molar-refractivity contribution in [3.8, 4) is 0 Å². The van der Waals surface area contributed by atoms with Gasteiger partial charge in [0, 0.05) is 11.8 Å². The van der Waals surface area contributed by atoms with E-state index in [1.54, 1.807) is 0 Å². The molecule has 0 unspecified atom stereocenters. The highest BCUT2D eigenvalue weighted by Gasteiger charge is 2.35. The Bertz CT molecular complexity index is 473. The summed E-state index contributed by atoms with van der Waals surface area (Å²) in [5.41, 5.74) is 2.71. The molecule has 2 fully saturated rings. The van der Waals surface area contributed by atoms with Gasteiger partial charge in [0.1, 0.15) is 0 Å². The fraction of sp³-hybridized carbons (Fsp3) is 0. The summed E-state index contributed by atoms with van der Waals surface area (Å²) >= 11 is 7.29. The van der Waals surface area contributed by atoms with E-state index in [2.05, 4.69) is 73.0 Å². The van der Waals surface area contributed by atoms with Crippen molar-refractivity contribution in [2.45, 2.75) is 0 Å². The van der Waals surface area contributed by atoms with Gasteiger partial charge in [0.25, 0.3) is 0 Å². The Kier molecular flexibility index (Phi) is 5.41. The van der Waals surface area contributed by atoms with E-state index in [9.17, 15) is 0 Å². The van der Waals surface area contributed by atoms with Crippen molar-refractivity contribution in [1.82, 2.24) is 0 Å². The van der Waals surface area contributed by atoms with Crippen LogP contribution in [-0.4, -0.2) is 0 Å². The predicted octanol–water partition coefficient (Wildman–Crippen LogP) is 6.12. The Balaban J connectivity index is 1.76. The van der Waals surface area contributed by atoms with Crippen LogP contribution in [0.4, 0.5) is 0 Å². The smallest absolute Gasteiger partial charge is 0.0528 e. The quantitative estimate of drug-likeness (QED) is 0.597. The summed E-state index contributed by atoms with van der Waals surface area (Å²) in [4.78, 5) is 0. The number of allylic oxidation sites excluding steroid dienone is 2. The maximum absolute atomic E-state index is 2.21. The highest BCUT2D eigenvalue weighted by atomic mass is 32.2. The van der Waals surface area contributed by atoms with Gasteiger partial charge in [0.05, 0.1) is 8.47 Å². The first-order valence-electron chi connectivity index (χ1n) is 6.83. The molecule has 0 aromatic heterocycles. The third kappa shape index (κ3) is 3.26. The average molecular weight is 357 g/mol. The van der Waals surface area contributed by atoms with Gasteiger partial charge in [-0.15, -0.1) is 0 Å². The molecule has 2 heterocycles. The molecule has 2 aliphatic carbocycles. The van der Waals surface area contributed by atoms with Crippen LogP contribution in [0.3, 0.4) is 0 Å². The van der Waals surface area contributed by atoms with Crippen LogP contribution >= 0.6 is 47.0 Å². The second kappa shape index (κ2) is 7.50. The van der Waals surface area contributed by atoms with Crippen molar-refractivity contribution >= 4 is 47.0 Å². The zero-order chi connectivity index (χ0) is 14.8. The molecule has 108 valence electrons. The molecule has 0 aromatic rings. The lowest BCUT2D eigenvalue weighted by Gasteiger charge is -2.25. The summed E-state index contributed by atoms with van der Waals surface area (Å²) in [6.45, 7) is 0. The van der Waals surface area contributed by atoms with Crippen molar-refractivity contribution in [2.24, 2.45) is 0 Å². The van der Waals surface area contributed by atoms with Crippen LogP contribution in [0, 0.1) is 63.2 Å². The maximum Gasteiger partial charge on any atom is 0.0528 e. The second-order valence-corrected chi connectivity index (χ2v) is 8.87. The number of hydrogen-bond acceptors (Lipinski definition) is 4. The molecule has 2 aliphatic heterocycles. The van der Waals surface area contributed by atoms with Crippen LogP contribution in [0.25, 0.3) is 0 Å². The molecule has 4 heteroatoms. The SMILES string of the molecule is [CH]1[CH][CH][C](C(=C2SC=CS2)C([C]2[CH][CH][CH][CH]2)=C2SC=CS2)[CH]1. The maximum atomic E-state index is 2.21. The summed E-state index contributed by atoms with van der Waals surface area (Å²) in [6.07, 6.45) is 17.3. The van der Waals surface area contributed by atoms with Crippen LogP contribution in [-0.2, 0) is 0 Å². The van der Waals surface area contributed by atoms with Gasteiger partial charge >= 0.3 is 0 Å². The molecule has 0 N–H and O–H groups in total. The van der Waals surface area contributed by atoms with E-state index in [0.29, 0.717) is 0 Å². The molecule has 4 aliphatic rings. The Labute approximate surface area is 151 Å². The van der Waals surface area contributed by atoms with Crippen LogP contribution in [0.2, 0.25) is 0 Å². The molecule has 0 aromatic carbocycles. The Morgan fingerprint density at radius 1 is 0.500 bits per heavy atom. The van der Waals surface area contributed by atoms with E-state index in [4.69, 9.17) is 0 Å². The van der Waals surface area contributed by atoms with Crippen molar-refractivity contribution in [3.05, 3.63) is 104 Å². The van der Waals surface area contributed by atoms with Gasteiger partial charge in [-0.25, -0.2) is 0 Å². The first-order valence-corrected chi connectivity index (χ1v) is 10.3. The molecule has 22 heavy (non-hydrogen) atoms. The second-order valence-electron chi connectivity index (χ2n) is 4.69. The lowest BCUT2D eigenvalue weighted by molar-refractivity contribution is 1.18. The summed E-state index contributed by atoms with van der Waals surface area (Å²) in [7, 11) is 0. The molecule has 4 rings (SSSR count). The van der Waals surface area contributed by atoms with Gasteiger partial charge in [0.2, 0.25) is 0 Å². The summed E-state index contributed by atoms with van der Waals surface area (Å²) in [5, 5.41) is 8.68. The summed E-state index contributed by atoms with van der Waals surface area (Å²) < 4.78 is 2.73. The van der Waals surface area contributed by atoms with Crippen LogP contribution in [0.5, 0.6) is 0 Å². The predicted molar refractivity (Wildman–Crippen MR) is 104 cm³/mol. The molecular formula is C18H12S4. The average Bonchev–Trinajstić information content (AvgIpc) is 3.35. The molecule has 0 saturated heterocycles. The molecule has 0 amide bonds. The highest BCUT2D eigenvalue weighted by molar-refractivity contribution is 8.28. The minimum atomic E-state index is 1.30. The van der Waals surface area contributed by atoms with E-state index in [0.717, 1.165) is 0 Å². The first kappa shape index (κ1) is 15.9. The topological polar surface area (TPSA) is 0 Å². The van der Waals surface area contributed by atoms with Crippen LogP contribution in [0.1, 0.15) is 0 Å². The Morgan fingerprint density at radius 2 is 0.818 bits per heavy atom. The Morgan fingerprint density at radius 3 is 1.14 bits per heavy atom. The lowest BCUT2D eigenvalue weighted by Crippen LogP contribution is -2.10. The third-order valence-corrected chi connectivity index (χ3v) is 7.63. The monoisotopic (exact) mass is 356 g/mol. The van der Waals surface area contributed by atoms with E-state index in [-0.39, 0.29) is 0 Å². The standard InChI is InChI=1S/C18H12S4/c1-2-6-13(5-1)15(17-19-9-10-20-17)16(14-7-3-4-8-14)18-21-11-12-22-18/h1-12H. The number of hydrogen-bond donors (Lipinski definition) is 0. The minimum absolute atomic E-state index is 1.30. The number of rotatable bonds is 3. The van der Waals surface area contributed by atoms with E-state index >= 15 is 0 Å². The first-order chi connectivity index (χ1) is 10.9. The highest BCUT2D eigenvalue weighted by Crippen LogP contribution is 2.55. The lowest BCUT2D eigenvalue weighted by atomic mass is 9.85. The molecule has 0 nitrogen and oxygen atoms in total. The number of thioether (sulfide) groups is 4. The van der Waals surface area contributed by atoms with Gasteiger partial charge in [0.15, 0.2) is 0 Å². The van der Waals surface area contributed by atoms with Crippen molar-refractivity contribution in [2.75, 3.05) is 0 Å². The summed E-state index contributed by atoms with van der Waals surface area (Å²) in [6, 6.07) is 0.